The van der Waals surface area contributed by atoms with Crippen molar-refractivity contribution >= 4 is 0 Å². The first kappa shape index (κ1) is 13.2. The highest BCUT2D eigenvalue weighted by molar-refractivity contribution is 5.43. The standard InChI is InChI=1S/C15H17N3O/c1-12-8-13(4-3-7-16)5-6-15(12)19-11-14-9-17-18(2)10-14/h5-6,8-10H,7,11,16H2,1-2H3. The van der Waals surface area contributed by atoms with E-state index in [4.69, 9.17) is 10.5 Å². The van der Waals surface area contributed by atoms with Crippen molar-refractivity contribution in [2.24, 2.45) is 12.8 Å². The molecule has 4 nitrogen and oxygen atoms in total. The average Bonchev–Trinajstić information content (AvgIpc) is 2.81. The Morgan fingerprint density at radius 2 is 2.26 bits per heavy atom. The van der Waals surface area contributed by atoms with E-state index < -0.39 is 0 Å². The van der Waals surface area contributed by atoms with E-state index >= 15 is 0 Å². The highest BCUT2D eigenvalue weighted by Crippen LogP contribution is 2.20. The van der Waals surface area contributed by atoms with Crippen LogP contribution in [0.25, 0.3) is 0 Å². The number of ether oxygens (including phenoxy) is 1. The van der Waals surface area contributed by atoms with Crippen LogP contribution in [0.4, 0.5) is 0 Å². The molecule has 2 aromatic rings. The second-order valence-corrected chi connectivity index (χ2v) is 4.30. The van der Waals surface area contributed by atoms with Gasteiger partial charge in [0.15, 0.2) is 0 Å². The fourth-order valence-electron chi connectivity index (χ4n) is 1.75. The fraction of sp³-hybridized carbons (Fsp3) is 0.267. The zero-order chi connectivity index (χ0) is 13.7. The second kappa shape index (κ2) is 6.07. The third kappa shape index (κ3) is 3.60. The van der Waals surface area contributed by atoms with Gasteiger partial charge in [-0.2, -0.15) is 5.10 Å². The van der Waals surface area contributed by atoms with E-state index in [0.717, 1.165) is 22.4 Å². The Labute approximate surface area is 113 Å². The van der Waals surface area contributed by atoms with E-state index in [2.05, 4.69) is 16.9 Å². The van der Waals surface area contributed by atoms with Crippen LogP contribution in [0.15, 0.2) is 30.6 Å². The number of nitrogens with two attached hydrogens (primary N) is 1. The molecule has 0 radical (unpaired) electrons. The van der Waals surface area contributed by atoms with E-state index in [1.807, 2.05) is 38.4 Å². The van der Waals surface area contributed by atoms with Gasteiger partial charge in [-0.1, -0.05) is 11.8 Å². The maximum atomic E-state index is 5.77. The highest BCUT2D eigenvalue weighted by Gasteiger charge is 2.02. The summed E-state index contributed by atoms with van der Waals surface area (Å²) in [6.07, 6.45) is 3.74. The van der Waals surface area contributed by atoms with Crippen molar-refractivity contribution in [3.8, 4) is 17.6 Å². The molecule has 0 fully saturated rings. The largest absolute Gasteiger partial charge is 0.489 e. The van der Waals surface area contributed by atoms with Crippen molar-refractivity contribution in [1.29, 1.82) is 0 Å². The number of benzene rings is 1. The lowest BCUT2D eigenvalue weighted by atomic mass is 10.1. The van der Waals surface area contributed by atoms with Gasteiger partial charge in [0.1, 0.15) is 12.4 Å². The van der Waals surface area contributed by atoms with Gasteiger partial charge in [0.05, 0.1) is 12.7 Å². The molecule has 1 aromatic carbocycles. The second-order valence-electron chi connectivity index (χ2n) is 4.30. The van der Waals surface area contributed by atoms with Crippen LogP contribution >= 0.6 is 0 Å². The van der Waals surface area contributed by atoms with Crippen molar-refractivity contribution < 1.29 is 4.74 Å². The van der Waals surface area contributed by atoms with Crippen LogP contribution in [0.3, 0.4) is 0 Å². The van der Waals surface area contributed by atoms with Gasteiger partial charge in [0.2, 0.25) is 0 Å². The molecule has 0 aliphatic carbocycles. The molecule has 1 heterocycles. The topological polar surface area (TPSA) is 53.1 Å². The summed E-state index contributed by atoms with van der Waals surface area (Å²) in [4.78, 5) is 0. The Bertz CT molecular complexity index is 620. The van der Waals surface area contributed by atoms with Crippen molar-refractivity contribution in [3.05, 3.63) is 47.3 Å². The summed E-state index contributed by atoms with van der Waals surface area (Å²) in [5, 5.41) is 4.11. The van der Waals surface area contributed by atoms with Crippen LogP contribution in [-0.4, -0.2) is 16.3 Å². The first-order chi connectivity index (χ1) is 9.19. The monoisotopic (exact) mass is 255 g/mol. The summed E-state index contributed by atoms with van der Waals surface area (Å²) in [5.74, 6) is 6.71. The number of nitrogens with zero attached hydrogens (tertiary/aromatic N) is 2. The smallest absolute Gasteiger partial charge is 0.122 e. The minimum absolute atomic E-state index is 0.373. The SMILES string of the molecule is Cc1cc(C#CCN)ccc1OCc1cnn(C)c1. The predicted octanol–water partition coefficient (Wildman–Crippen LogP) is 1.62. The van der Waals surface area contributed by atoms with Gasteiger partial charge in [-0.25, -0.2) is 0 Å². The molecule has 19 heavy (non-hydrogen) atoms. The Morgan fingerprint density at radius 3 is 2.89 bits per heavy atom. The molecule has 4 heteroatoms. The van der Waals surface area contributed by atoms with Gasteiger partial charge >= 0.3 is 0 Å². The maximum Gasteiger partial charge on any atom is 0.122 e. The summed E-state index contributed by atoms with van der Waals surface area (Å²) in [6.45, 7) is 2.90. The molecule has 0 unspecified atom stereocenters. The zero-order valence-corrected chi connectivity index (χ0v) is 11.2. The quantitative estimate of drug-likeness (QED) is 0.848. The summed E-state index contributed by atoms with van der Waals surface area (Å²) in [5.41, 5.74) is 8.42. The first-order valence-electron chi connectivity index (χ1n) is 6.09. The third-order valence-corrected chi connectivity index (χ3v) is 2.66. The predicted molar refractivity (Wildman–Crippen MR) is 74.7 cm³/mol. The number of hydrogen-bond donors (Lipinski definition) is 1. The Balaban J connectivity index is 2.05. The molecule has 1 aromatic heterocycles. The van der Waals surface area contributed by atoms with Gasteiger partial charge < -0.3 is 10.5 Å². The number of aromatic nitrogens is 2. The van der Waals surface area contributed by atoms with Gasteiger partial charge in [-0.05, 0) is 30.7 Å². The van der Waals surface area contributed by atoms with Crippen LogP contribution in [0.2, 0.25) is 0 Å². The van der Waals surface area contributed by atoms with E-state index in [0.29, 0.717) is 13.2 Å². The Morgan fingerprint density at radius 1 is 1.42 bits per heavy atom. The molecule has 0 bridgehead atoms. The van der Waals surface area contributed by atoms with Gasteiger partial charge in [0, 0.05) is 24.4 Å². The average molecular weight is 255 g/mol. The summed E-state index contributed by atoms with van der Waals surface area (Å²) in [6, 6.07) is 5.88. The molecule has 0 amide bonds. The van der Waals surface area contributed by atoms with Crippen LogP contribution in [0.5, 0.6) is 5.75 Å². The van der Waals surface area contributed by atoms with Crippen molar-refractivity contribution in [3.63, 3.8) is 0 Å². The lowest BCUT2D eigenvalue weighted by molar-refractivity contribution is 0.304. The van der Waals surface area contributed by atoms with Crippen LogP contribution in [0, 0.1) is 18.8 Å². The third-order valence-electron chi connectivity index (χ3n) is 2.66. The summed E-state index contributed by atoms with van der Waals surface area (Å²) in [7, 11) is 1.89. The molecule has 0 aliphatic heterocycles. The zero-order valence-electron chi connectivity index (χ0n) is 11.2. The lowest BCUT2D eigenvalue weighted by Crippen LogP contribution is -1.97. The number of aryl methyl sites for hydroxylation is 2. The molecular weight excluding hydrogens is 238 g/mol. The van der Waals surface area contributed by atoms with E-state index in [-0.39, 0.29) is 0 Å². The molecular formula is C15H17N3O. The minimum Gasteiger partial charge on any atom is -0.489 e. The molecule has 0 spiro atoms. The maximum absolute atomic E-state index is 5.77. The van der Waals surface area contributed by atoms with Gasteiger partial charge in [-0.3, -0.25) is 4.68 Å². The molecule has 2 N–H and O–H groups in total. The molecule has 98 valence electrons. The Kier molecular flexibility index (Phi) is 4.22. The molecule has 0 atom stereocenters. The molecule has 0 saturated heterocycles. The fourth-order valence-corrected chi connectivity index (χ4v) is 1.75. The van der Waals surface area contributed by atoms with Crippen molar-refractivity contribution in [2.45, 2.75) is 13.5 Å². The van der Waals surface area contributed by atoms with Gasteiger partial charge in [-0.15, -0.1) is 0 Å². The summed E-state index contributed by atoms with van der Waals surface area (Å²) >= 11 is 0. The van der Waals surface area contributed by atoms with Crippen LogP contribution in [-0.2, 0) is 13.7 Å². The van der Waals surface area contributed by atoms with Gasteiger partial charge in [0.25, 0.3) is 0 Å². The van der Waals surface area contributed by atoms with E-state index in [9.17, 15) is 0 Å². The van der Waals surface area contributed by atoms with Crippen molar-refractivity contribution in [1.82, 2.24) is 9.78 Å². The number of rotatable bonds is 3. The normalized spacial score (nSPS) is 9.84. The first-order valence-corrected chi connectivity index (χ1v) is 6.09. The van der Waals surface area contributed by atoms with E-state index in [1.54, 1.807) is 10.9 Å². The van der Waals surface area contributed by atoms with Crippen LogP contribution < -0.4 is 10.5 Å². The van der Waals surface area contributed by atoms with E-state index in [1.165, 1.54) is 0 Å². The summed E-state index contributed by atoms with van der Waals surface area (Å²) < 4.78 is 7.53. The van der Waals surface area contributed by atoms with Crippen LogP contribution in [0.1, 0.15) is 16.7 Å². The Hall–Kier alpha value is -2.25. The molecule has 0 aliphatic rings. The number of hydrogen-bond acceptors (Lipinski definition) is 3. The lowest BCUT2D eigenvalue weighted by Gasteiger charge is -2.08. The molecule has 2 rings (SSSR count). The highest BCUT2D eigenvalue weighted by atomic mass is 16.5. The minimum atomic E-state index is 0.373. The molecule has 0 saturated carbocycles. The van der Waals surface area contributed by atoms with Crippen molar-refractivity contribution in [2.75, 3.05) is 6.54 Å².